The fourth-order valence-corrected chi connectivity index (χ4v) is 1.51. The Morgan fingerprint density at radius 1 is 1.60 bits per heavy atom. The predicted molar refractivity (Wildman–Crippen MR) is 55.2 cm³/mol. The highest BCUT2D eigenvalue weighted by Gasteiger charge is 2.12. The molecule has 2 rings (SSSR count). The molecule has 0 saturated carbocycles. The van der Waals surface area contributed by atoms with Crippen molar-refractivity contribution in [2.45, 2.75) is 25.8 Å². The molecule has 0 saturated heterocycles. The molecule has 7 heteroatoms. The maximum absolute atomic E-state index is 5.79. The third-order valence-corrected chi connectivity index (χ3v) is 2.52. The minimum Gasteiger partial charge on any atom is -0.332 e. The van der Waals surface area contributed by atoms with Gasteiger partial charge in [-0.1, -0.05) is 16.6 Å². The molecule has 0 aliphatic rings. The van der Waals surface area contributed by atoms with E-state index in [2.05, 4.69) is 19.7 Å². The molecule has 0 radical (unpaired) electrons. The van der Waals surface area contributed by atoms with Crippen LogP contribution >= 0.6 is 11.5 Å². The molecule has 0 spiro atoms. The first-order valence-corrected chi connectivity index (χ1v) is 5.49. The van der Waals surface area contributed by atoms with Crippen LogP contribution in [0.1, 0.15) is 19.2 Å². The highest BCUT2D eigenvalue weighted by molar-refractivity contribution is 7.03. The van der Waals surface area contributed by atoms with E-state index in [4.69, 9.17) is 10.3 Å². The number of hydrogen-bond donors (Lipinski definition) is 1. The molecule has 1 unspecified atom stereocenters. The minimum absolute atomic E-state index is 0.0732. The molecule has 0 amide bonds. The van der Waals surface area contributed by atoms with Gasteiger partial charge in [-0.05, 0) is 18.0 Å². The lowest BCUT2D eigenvalue weighted by atomic mass is 10.2. The minimum atomic E-state index is 0.0732. The van der Waals surface area contributed by atoms with Gasteiger partial charge < -0.3 is 10.3 Å². The molecule has 0 aliphatic carbocycles. The molecular formula is C8H11N5OS. The molecule has 2 aromatic rings. The van der Waals surface area contributed by atoms with Crippen molar-refractivity contribution in [3.63, 3.8) is 0 Å². The lowest BCUT2D eigenvalue weighted by Crippen LogP contribution is -2.21. The quantitative estimate of drug-likeness (QED) is 0.830. The fraction of sp³-hybridized carbons (Fsp3) is 0.500. The Kier molecular flexibility index (Phi) is 3.02. The van der Waals surface area contributed by atoms with Crippen molar-refractivity contribution in [1.29, 1.82) is 0 Å². The summed E-state index contributed by atoms with van der Waals surface area (Å²) in [4.78, 5) is 4.19. The number of hydrogen-bond acceptors (Lipinski definition) is 7. The lowest BCUT2D eigenvalue weighted by Gasteiger charge is -2.02. The summed E-state index contributed by atoms with van der Waals surface area (Å²) in [7, 11) is 0. The van der Waals surface area contributed by atoms with Gasteiger partial charge in [-0.2, -0.15) is 4.98 Å². The monoisotopic (exact) mass is 225 g/mol. The molecule has 2 N–H and O–H groups in total. The second-order valence-electron chi connectivity index (χ2n) is 3.18. The van der Waals surface area contributed by atoms with E-state index in [-0.39, 0.29) is 6.04 Å². The largest absolute Gasteiger partial charge is 0.332 e. The molecule has 6 nitrogen and oxygen atoms in total. The first-order valence-electron chi connectivity index (χ1n) is 4.65. The summed E-state index contributed by atoms with van der Waals surface area (Å²) in [5.74, 6) is 1.02. The van der Waals surface area contributed by atoms with Crippen LogP contribution in [-0.2, 0) is 6.42 Å². The third kappa shape index (κ3) is 2.37. The Balaban J connectivity index is 2.11. The van der Waals surface area contributed by atoms with Crippen LogP contribution in [0.2, 0.25) is 0 Å². The van der Waals surface area contributed by atoms with Gasteiger partial charge in [0.05, 0.1) is 0 Å². The molecule has 0 fully saturated rings. The Bertz CT molecular complexity index is 412. The van der Waals surface area contributed by atoms with E-state index in [9.17, 15) is 0 Å². The zero-order valence-corrected chi connectivity index (χ0v) is 9.07. The van der Waals surface area contributed by atoms with Crippen molar-refractivity contribution >= 4 is 11.5 Å². The van der Waals surface area contributed by atoms with Gasteiger partial charge >= 0.3 is 0 Å². The van der Waals surface area contributed by atoms with Crippen LogP contribution in [0.15, 0.2) is 9.90 Å². The van der Waals surface area contributed by atoms with E-state index in [1.54, 1.807) is 5.38 Å². The van der Waals surface area contributed by atoms with Gasteiger partial charge in [-0.25, -0.2) is 0 Å². The van der Waals surface area contributed by atoms with Gasteiger partial charge in [0.15, 0.2) is 11.5 Å². The molecule has 15 heavy (non-hydrogen) atoms. The Morgan fingerprint density at radius 2 is 2.47 bits per heavy atom. The highest BCUT2D eigenvalue weighted by atomic mass is 32.1. The number of nitrogens with two attached hydrogens (primary N) is 1. The van der Waals surface area contributed by atoms with Crippen molar-refractivity contribution in [3.8, 4) is 11.6 Å². The normalized spacial score (nSPS) is 12.9. The van der Waals surface area contributed by atoms with E-state index in [0.717, 1.165) is 6.42 Å². The second-order valence-corrected chi connectivity index (χ2v) is 3.79. The van der Waals surface area contributed by atoms with E-state index >= 15 is 0 Å². The summed E-state index contributed by atoms with van der Waals surface area (Å²) < 4.78 is 8.77. The molecule has 2 aromatic heterocycles. The van der Waals surface area contributed by atoms with Gasteiger partial charge in [-0.3, -0.25) is 0 Å². The average Bonchev–Trinajstić information content (AvgIpc) is 2.85. The van der Waals surface area contributed by atoms with Gasteiger partial charge in [0, 0.05) is 17.8 Å². The van der Waals surface area contributed by atoms with Crippen molar-refractivity contribution in [1.82, 2.24) is 19.7 Å². The number of rotatable bonds is 4. The smallest absolute Gasteiger partial charge is 0.279 e. The van der Waals surface area contributed by atoms with Crippen LogP contribution in [0.3, 0.4) is 0 Å². The number of aromatic nitrogens is 4. The average molecular weight is 225 g/mol. The van der Waals surface area contributed by atoms with Gasteiger partial charge in [-0.15, -0.1) is 5.10 Å². The van der Waals surface area contributed by atoms with Crippen LogP contribution in [0.5, 0.6) is 0 Å². The fourth-order valence-electron chi connectivity index (χ4n) is 1.08. The van der Waals surface area contributed by atoms with Gasteiger partial charge in [0.1, 0.15) is 0 Å². The second kappa shape index (κ2) is 4.45. The summed E-state index contributed by atoms with van der Waals surface area (Å²) >= 11 is 1.25. The van der Waals surface area contributed by atoms with E-state index < -0.39 is 0 Å². The van der Waals surface area contributed by atoms with Crippen LogP contribution in [0.25, 0.3) is 11.6 Å². The summed E-state index contributed by atoms with van der Waals surface area (Å²) in [5, 5.41) is 9.43. The number of nitrogens with zero attached hydrogens (tertiary/aromatic N) is 4. The van der Waals surface area contributed by atoms with Crippen molar-refractivity contribution in [2.75, 3.05) is 0 Å². The molecule has 0 aromatic carbocycles. The maximum atomic E-state index is 5.79. The summed E-state index contributed by atoms with van der Waals surface area (Å²) in [6.45, 7) is 2.02. The summed E-state index contributed by atoms with van der Waals surface area (Å²) in [5.41, 5.74) is 6.40. The van der Waals surface area contributed by atoms with Gasteiger partial charge in [0.25, 0.3) is 5.89 Å². The molecule has 0 bridgehead atoms. The molecule has 0 aliphatic heterocycles. The van der Waals surface area contributed by atoms with Crippen molar-refractivity contribution in [3.05, 3.63) is 11.2 Å². The van der Waals surface area contributed by atoms with E-state index in [1.165, 1.54) is 11.5 Å². The Hall–Kier alpha value is -1.34. The van der Waals surface area contributed by atoms with E-state index in [0.29, 0.717) is 23.8 Å². The SMILES string of the molecule is CCC(N)Cc1noc(-c2csnn2)n1. The highest BCUT2D eigenvalue weighted by Crippen LogP contribution is 2.15. The maximum Gasteiger partial charge on any atom is 0.279 e. The molecule has 2 heterocycles. The Morgan fingerprint density at radius 3 is 3.13 bits per heavy atom. The summed E-state index contributed by atoms with van der Waals surface area (Å²) in [6.07, 6.45) is 1.51. The zero-order chi connectivity index (χ0) is 10.7. The molecule has 1 atom stereocenters. The van der Waals surface area contributed by atoms with E-state index in [1.807, 2.05) is 6.92 Å². The Labute approximate surface area is 90.7 Å². The molecular weight excluding hydrogens is 214 g/mol. The topological polar surface area (TPSA) is 90.7 Å². The van der Waals surface area contributed by atoms with Crippen molar-refractivity contribution in [2.24, 2.45) is 5.73 Å². The standard InChI is InChI=1S/C8H11N5OS/c1-2-5(9)3-7-10-8(14-12-7)6-4-15-13-11-6/h4-5H,2-3,9H2,1H3. The van der Waals surface area contributed by atoms with Gasteiger partial charge in [0.2, 0.25) is 0 Å². The predicted octanol–water partition coefficient (Wildman–Crippen LogP) is 0.868. The first kappa shape index (κ1) is 10.2. The lowest BCUT2D eigenvalue weighted by molar-refractivity contribution is 0.418. The first-order chi connectivity index (χ1) is 7.29. The third-order valence-electron chi connectivity index (χ3n) is 2.02. The van der Waals surface area contributed by atoms with Crippen LogP contribution in [-0.4, -0.2) is 25.8 Å². The van der Waals surface area contributed by atoms with Crippen molar-refractivity contribution < 1.29 is 4.52 Å². The van der Waals surface area contributed by atoms with Crippen LogP contribution < -0.4 is 5.73 Å². The molecule has 80 valence electrons. The van der Waals surface area contributed by atoms with Crippen LogP contribution in [0, 0.1) is 0 Å². The zero-order valence-electron chi connectivity index (χ0n) is 8.25. The van der Waals surface area contributed by atoms with Crippen LogP contribution in [0.4, 0.5) is 0 Å². The summed E-state index contributed by atoms with van der Waals surface area (Å²) in [6, 6.07) is 0.0732.